The molecule has 1 amide bonds. The fourth-order valence-corrected chi connectivity index (χ4v) is 8.12. The first kappa shape index (κ1) is 44.0. The summed E-state index contributed by atoms with van der Waals surface area (Å²) in [6.07, 6.45) is 11.0. The van der Waals surface area contributed by atoms with E-state index in [4.69, 9.17) is 37.9 Å². The summed E-state index contributed by atoms with van der Waals surface area (Å²) in [4.78, 5) is 31.5. The van der Waals surface area contributed by atoms with Crippen LogP contribution in [-0.4, -0.2) is 84.2 Å². The van der Waals surface area contributed by atoms with E-state index in [1.807, 2.05) is 54.6 Å². The van der Waals surface area contributed by atoms with Crippen molar-refractivity contribution in [2.24, 2.45) is 5.92 Å². The van der Waals surface area contributed by atoms with Crippen LogP contribution in [0.3, 0.4) is 0 Å². The van der Waals surface area contributed by atoms with Crippen LogP contribution in [0.25, 0.3) is 0 Å². The second kappa shape index (κ2) is 22.7. The van der Waals surface area contributed by atoms with Crippen molar-refractivity contribution < 1.29 is 47.5 Å². The number of aryl methyl sites for hydroxylation is 1. The van der Waals surface area contributed by atoms with Gasteiger partial charge in [-0.15, -0.1) is 6.58 Å². The van der Waals surface area contributed by atoms with Crippen LogP contribution in [0.1, 0.15) is 86.5 Å². The molecule has 0 aromatic heterocycles. The number of hydrogen-bond acceptors (Lipinski definition) is 10. The summed E-state index contributed by atoms with van der Waals surface area (Å²) in [6.45, 7) is 9.31. The van der Waals surface area contributed by atoms with Gasteiger partial charge in [-0.25, -0.2) is 4.79 Å². The monoisotopic (exact) mass is 799 g/mol. The lowest BCUT2D eigenvalue weighted by Gasteiger charge is -2.40. The molecule has 11 nitrogen and oxygen atoms in total. The molecule has 1 heterocycles. The fourth-order valence-electron chi connectivity index (χ4n) is 8.12. The van der Waals surface area contributed by atoms with Crippen molar-refractivity contribution in [1.82, 2.24) is 4.90 Å². The molecule has 2 fully saturated rings. The maximum Gasteiger partial charge on any atom is 0.329 e. The number of ether oxygens (including phenoxy) is 8. The Morgan fingerprint density at radius 2 is 1.48 bits per heavy atom. The van der Waals surface area contributed by atoms with Crippen LogP contribution in [0.5, 0.6) is 34.5 Å². The minimum absolute atomic E-state index is 0.0780. The number of nitrogens with zero attached hydrogens (tertiary/aromatic N) is 1. The number of amides is 1. The van der Waals surface area contributed by atoms with Gasteiger partial charge in [0, 0.05) is 6.54 Å². The van der Waals surface area contributed by atoms with E-state index >= 15 is 4.79 Å². The topological polar surface area (TPSA) is 111 Å². The molecule has 11 heteroatoms. The van der Waals surface area contributed by atoms with Gasteiger partial charge in [0.1, 0.15) is 31.1 Å². The van der Waals surface area contributed by atoms with E-state index in [0.717, 1.165) is 61.6 Å². The smallest absolute Gasteiger partial charge is 0.329 e. The Kier molecular flexibility index (Phi) is 17.2. The van der Waals surface area contributed by atoms with E-state index in [1.165, 1.54) is 0 Å². The van der Waals surface area contributed by atoms with Gasteiger partial charge in [-0.1, -0.05) is 56.2 Å². The Bertz CT molecular complexity index is 1800. The minimum atomic E-state index is -0.742. The van der Waals surface area contributed by atoms with Crippen LogP contribution >= 0.6 is 0 Å². The van der Waals surface area contributed by atoms with Crippen LogP contribution in [-0.2, 0) is 25.5 Å². The predicted octanol–water partition coefficient (Wildman–Crippen LogP) is 8.83. The number of carbonyl (C=O) groups is 2. The maximum absolute atomic E-state index is 15.2. The van der Waals surface area contributed by atoms with Crippen LogP contribution in [0.4, 0.5) is 0 Å². The highest BCUT2D eigenvalue weighted by Crippen LogP contribution is 2.45. The SMILES string of the molecule is C=CCOCCOc1cc(C(C(=O)N2CCCC[C@@H]2C(=O)OC(CCc2ccc(OC)c(OC)c2)c2cccc(OCC=C)c2)C2CCCCC2)cc(OC)c1OC. The van der Waals surface area contributed by atoms with Crippen molar-refractivity contribution in [2.45, 2.75) is 82.3 Å². The van der Waals surface area contributed by atoms with E-state index in [2.05, 4.69) is 13.2 Å². The Morgan fingerprint density at radius 3 is 2.21 bits per heavy atom. The molecule has 314 valence electrons. The second-order valence-electron chi connectivity index (χ2n) is 14.7. The third-order valence-electron chi connectivity index (χ3n) is 11.0. The molecule has 1 saturated heterocycles. The molecular weight excluding hydrogens is 739 g/mol. The lowest BCUT2D eigenvalue weighted by Crippen LogP contribution is -2.51. The van der Waals surface area contributed by atoms with Gasteiger partial charge in [0.05, 0.1) is 47.6 Å². The zero-order chi connectivity index (χ0) is 41.3. The van der Waals surface area contributed by atoms with Gasteiger partial charge in [0.25, 0.3) is 0 Å². The Hall–Kier alpha value is -5.16. The molecule has 0 bridgehead atoms. The predicted molar refractivity (Wildman–Crippen MR) is 224 cm³/mol. The van der Waals surface area contributed by atoms with Gasteiger partial charge in [-0.3, -0.25) is 4.79 Å². The number of esters is 1. The molecule has 5 rings (SSSR count). The third-order valence-corrected chi connectivity index (χ3v) is 11.0. The van der Waals surface area contributed by atoms with Gasteiger partial charge in [0.2, 0.25) is 11.7 Å². The number of methoxy groups -OCH3 is 4. The van der Waals surface area contributed by atoms with E-state index in [-0.39, 0.29) is 18.4 Å². The molecule has 2 unspecified atom stereocenters. The average Bonchev–Trinajstić information content (AvgIpc) is 3.27. The lowest BCUT2D eigenvalue weighted by molar-refractivity contribution is -0.163. The molecule has 3 atom stereocenters. The largest absolute Gasteiger partial charge is 0.493 e. The summed E-state index contributed by atoms with van der Waals surface area (Å²) in [5.41, 5.74) is 2.58. The Balaban J connectivity index is 1.45. The van der Waals surface area contributed by atoms with Crippen molar-refractivity contribution in [2.75, 3.05) is 61.4 Å². The van der Waals surface area contributed by atoms with Crippen LogP contribution in [0.15, 0.2) is 79.9 Å². The van der Waals surface area contributed by atoms with Gasteiger partial charge in [-0.2, -0.15) is 0 Å². The molecule has 1 saturated carbocycles. The van der Waals surface area contributed by atoms with Crippen molar-refractivity contribution in [3.05, 3.63) is 96.6 Å². The van der Waals surface area contributed by atoms with Gasteiger partial charge in [-0.05, 0) is 104 Å². The molecule has 0 N–H and O–H groups in total. The first-order valence-electron chi connectivity index (χ1n) is 20.5. The summed E-state index contributed by atoms with van der Waals surface area (Å²) < 4.78 is 46.6. The summed E-state index contributed by atoms with van der Waals surface area (Å²) in [5.74, 6) is 2.37. The van der Waals surface area contributed by atoms with Crippen LogP contribution in [0, 0.1) is 5.92 Å². The quantitative estimate of drug-likeness (QED) is 0.0556. The Morgan fingerprint density at radius 1 is 0.741 bits per heavy atom. The van der Waals surface area contributed by atoms with Crippen molar-refractivity contribution >= 4 is 11.9 Å². The number of carbonyl (C=O) groups excluding carboxylic acids is 2. The summed E-state index contributed by atoms with van der Waals surface area (Å²) in [5, 5.41) is 0. The molecule has 3 aromatic carbocycles. The lowest BCUT2D eigenvalue weighted by atomic mass is 9.75. The molecule has 0 radical (unpaired) electrons. The molecule has 58 heavy (non-hydrogen) atoms. The normalized spacial score (nSPS) is 16.7. The van der Waals surface area contributed by atoms with Crippen LogP contribution in [0.2, 0.25) is 0 Å². The third kappa shape index (κ3) is 11.5. The standard InChI is InChI=1S/C47H61NO10/c1-7-25-55-27-28-57-43-32-36(31-42(53-5)45(43)54-6)44(34-15-10-9-11-16-34)46(49)48-24-13-12-19-38(48)47(50)58-39(35-17-14-18-37(30-35)56-26-8-2)22-20-33-21-23-40(51-3)41(29-33)52-4/h7-8,14,17-18,21,23,29-32,34,38-39,44H,1-2,9-13,15-16,19-20,22,24-28H2,3-6H3/t38-,39?,44?/m1/s1. The zero-order valence-corrected chi connectivity index (χ0v) is 34.7. The molecule has 2 aliphatic rings. The van der Waals surface area contributed by atoms with E-state index < -0.39 is 24.0 Å². The number of benzene rings is 3. The molecule has 0 spiro atoms. The van der Waals surface area contributed by atoms with E-state index in [0.29, 0.717) is 80.1 Å². The van der Waals surface area contributed by atoms with E-state index in [9.17, 15) is 4.79 Å². The maximum atomic E-state index is 15.2. The average molecular weight is 800 g/mol. The first-order valence-corrected chi connectivity index (χ1v) is 20.5. The van der Waals surface area contributed by atoms with Gasteiger partial charge < -0.3 is 42.8 Å². The van der Waals surface area contributed by atoms with Crippen molar-refractivity contribution in [3.8, 4) is 34.5 Å². The zero-order valence-electron chi connectivity index (χ0n) is 34.7. The highest BCUT2D eigenvalue weighted by atomic mass is 16.6. The molecular formula is C47H61NO10. The van der Waals surface area contributed by atoms with Gasteiger partial charge >= 0.3 is 5.97 Å². The molecule has 1 aliphatic carbocycles. The summed E-state index contributed by atoms with van der Waals surface area (Å²) >= 11 is 0. The minimum Gasteiger partial charge on any atom is -0.493 e. The number of hydrogen-bond donors (Lipinski definition) is 0. The highest BCUT2D eigenvalue weighted by Gasteiger charge is 2.41. The van der Waals surface area contributed by atoms with E-state index in [1.54, 1.807) is 45.5 Å². The second-order valence-corrected chi connectivity index (χ2v) is 14.7. The summed E-state index contributed by atoms with van der Waals surface area (Å²) in [6, 6.07) is 16.5. The van der Waals surface area contributed by atoms with Crippen molar-refractivity contribution in [1.29, 1.82) is 0 Å². The first-order chi connectivity index (χ1) is 28.3. The van der Waals surface area contributed by atoms with Crippen LogP contribution < -0.4 is 28.4 Å². The molecule has 3 aromatic rings. The summed E-state index contributed by atoms with van der Waals surface area (Å²) in [7, 11) is 6.36. The fraction of sp³-hybridized carbons (Fsp3) is 0.489. The number of likely N-dealkylation sites (tertiary alicyclic amines) is 1. The Labute approximate surface area is 344 Å². The highest BCUT2D eigenvalue weighted by molar-refractivity contribution is 5.89. The number of rotatable bonds is 22. The van der Waals surface area contributed by atoms with Crippen molar-refractivity contribution in [3.63, 3.8) is 0 Å². The molecule has 1 aliphatic heterocycles. The number of piperidine rings is 1. The van der Waals surface area contributed by atoms with Gasteiger partial charge in [0.15, 0.2) is 23.0 Å².